The van der Waals surface area contributed by atoms with Crippen molar-refractivity contribution in [2.75, 3.05) is 24.6 Å². The molecule has 20 heavy (non-hydrogen) atoms. The number of halogens is 2. The first-order valence-electron chi connectivity index (χ1n) is 6.25. The van der Waals surface area contributed by atoms with Gasteiger partial charge in [0, 0.05) is 17.1 Å². The van der Waals surface area contributed by atoms with Gasteiger partial charge in [0.05, 0.1) is 13.2 Å². The number of hydrogen-bond acceptors (Lipinski definition) is 5. The van der Waals surface area contributed by atoms with Crippen LogP contribution >= 0.6 is 22.9 Å². The monoisotopic (exact) mass is 313 g/mol. The zero-order valence-electron chi connectivity index (χ0n) is 10.8. The molecule has 1 aliphatic rings. The molecule has 1 atom stereocenters. The van der Waals surface area contributed by atoms with Gasteiger partial charge in [-0.25, -0.2) is 4.39 Å². The molecular weight excluding hydrogens is 301 g/mol. The summed E-state index contributed by atoms with van der Waals surface area (Å²) in [4.78, 5) is 2.12. The first kappa shape index (κ1) is 13.7. The molecule has 4 nitrogen and oxygen atoms in total. The van der Waals surface area contributed by atoms with Gasteiger partial charge in [-0.15, -0.1) is 10.2 Å². The molecule has 1 aromatic carbocycles. The van der Waals surface area contributed by atoms with E-state index >= 15 is 0 Å². The molecule has 0 bridgehead atoms. The third-order valence-electron chi connectivity index (χ3n) is 3.16. The van der Waals surface area contributed by atoms with Gasteiger partial charge in [0.2, 0.25) is 5.13 Å². The topological polar surface area (TPSA) is 38.2 Å². The molecule has 0 N–H and O–H groups in total. The number of benzene rings is 1. The van der Waals surface area contributed by atoms with Crippen LogP contribution in [0, 0.1) is 12.7 Å². The second kappa shape index (κ2) is 5.63. The number of anilines is 1. The Labute approximate surface area is 125 Å². The van der Waals surface area contributed by atoms with Crippen LogP contribution in [0.5, 0.6) is 0 Å². The van der Waals surface area contributed by atoms with Gasteiger partial charge in [-0.3, -0.25) is 0 Å². The van der Waals surface area contributed by atoms with E-state index in [0.717, 1.165) is 22.2 Å². The summed E-state index contributed by atoms with van der Waals surface area (Å²) < 4.78 is 18.9. The number of ether oxygens (including phenoxy) is 1. The van der Waals surface area contributed by atoms with Crippen LogP contribution in [0.2, 0.25) is 5.02 Å². The van der Waals surface area contributed by atoms with E-state index in [9.17, 15) is 4.39 Å². The van der Waals surface area contributed by atoms with Crippen LogP contribution in [0.15, 0.2) is 18.2 Å². The Bertz CT molecular complexity index is 621. The van der Waals surface area contributed by atoms with E-state index in [-0.39, 0.29) is 11.9 Å². The molecular formula is C13H13ClFN3OS. The first-order chi connectivity index (χ1) is 9.63. The lowest BCUT2D eigenvalue weighted by Gasteiger charge is -2.33. The second-order valence-electron chi connectivity index (χ2n) is 4.57. The molecule has 2 heterocycles. The predicted octanol–water partition coefficient (Wildman–Crippen LogP) is 3.22. The highest BCUT2D eigenvalue weighted by molar-refractivity contribution is 7.15. The summed E-state index contributed by atoms with van der Waals surface area (Å²) in [5.41, 5.74) is 0.805. The van der Waals surface area contributed by atoms with Gasteiger partial charge in [0.25, 0.3) is 0 Å². The fourth-order valence-corrected chi connectivity index (χ4v) is 3.20. The minimum absolute atomic E-state index is 0.180. The van der Waals surface area contributed by atoms with Gasteiger partial charge >= 0.3 is 0 Å². The molecule has 0 aliphatic carbocycles. The van der Waals surface area contributed by atoms with Crippen molar-refractivity contribution in [1.82, 2.24) is 10.2 Å². The summed E-state index contributed by atoms with van der Waals surface area (Å²) in [6, 6.07) is 4.39. The van der Waals surface area contributed by atoms with E-state index in [4.69, 9.17) is 16.3 Å². The minimum Gasteiger partial charge on any atom is -0.370 e. The number of nitrogens with zero attached hydrogens (tertiary/aromatic N) is 3. The van der Waals surface area contributed by atoms with Crippen LogP contribution in [0.4, 0.5) is 9.52 Å². The van der Waals surface area contributed by atoms with Gasteiger partial charge in [-0.2, -0.15) is 0 Å². The molecule has 1 fully saturated rings. The van der Waals surface area contributed by atoms with E-state index in [1.807, 2.05) is 6.92 Å². The van der Waals surface area contributed by atoms with Crippen molar-refractivity contribution in [2.45, 2.75) is 13.0 Å². The molecule has 3 rings (SSSR count). The van der Waals surface area contributed by atoms with E-state index < -0.39 is 0 Å². The average molecular weight is 314 g/mol. The fraction of sp³-hybridized carbons (Fsp3) is 0.385. The maximum absolute atomic E-state index is 13.1. The van der Waals surface area contributed by atoms with E-state index in [0.29, 0.717) is 18.2 Å². The maximum Gasteiger partial charge on any atom is 0.208 e. The second-order valence-corrected chi connectivity index (χ2v) is 6.14. The number of hydrogen-bond donors (Lipinski definition) is 0. The third kappa shape index (κ3) is 2.77. The smallest absolute Gasteiger partial charge is 0.208 e. The molecule has 0 unspecified atom stereocenters. The van der Waals surface area contributed by atoms with Crippen LogP contribution in [0.3, 0.4) is 0 Å². The molecule has 0 saturated carbocycles. The summed E-state index contributed by atoms with van der Waals surface area (Å²) in [6.07, 6.45) is -0.180. The molecule has 1 aliphatic heterocycles. The Morgan fingerprint density at radius 1 is 1.45 bits per heavy atom. The molecule has 7 heteroatoms. The lowest BCUT2D eigenvalue weighted by molar-refractivity contribution is 0.0398. The van der Waals surface area contributed by atoms with Crippen molar-refractivity contribution >= 4 is 28.1 Å². The van der Waals surface area contributed by atoms with Crippen molar-refractivity contribution in [3.8, 4) is 0 Å². The normalized spacial score (nSPS) is 19.4. The van der Waals surface area contributed by atoms with Crippen LogP contribution < -0.4 is 4.90 Å². The zero-order valence-corrected chi connectivity index (χ0v) is 12.4. The Morgan fingerprint density at radius 2 is 2.30 bits per heavy atom. The van der Waals surface area contributed by atoms with Gasteiger partial charge in [-0.1, -0.05) is 29.0 Å². The van der Waals surface area contributed by atoms with Gasteiger partial charge in [0.15, 0.2) is 0 Å². The SMILES string of the molecule is Cc1nnc(N2CCO[C@@H](c3ccc(F)cc3Cl)C2)s1. The summed E-state index contributed by atoms with van der Waals surface area (Å²) in [5, 5.41) is 10.4. The van der Waals surface area contributed by atoms with Crippen molar-refractivity contribution < 1.29 is 9.13 Å². The Morgan fingerprint density at radius 3 is 3.00 bits per heavy atom. The van der Waals surface area contributed by atoms with E-state index in [2.05, 4.69) is 15.1 Å². The first-order valence-corrected chi connectivity index (χ1v) is 7.44. The standard InChI is InChI=1S/C13H13ClFN3OS/c1-8-16-17-13(20-8)18-4-5-19-12(7-18)10-3-2-9(15)6-11(10)14/h2-3,6,12H,4-5,7H2,1H3/t12-/m1/s1. The van der Waals surface area contributed by atoms with Crippen LogP contribution in [0.1, 0.15) is 16.7 Å². The zero-order chi connectivity index (χ0) is 14.1. The lowest BCUT2D eigenvalue weighted by Crippen LogP contribution is -2.38. The van der Waals surface area contributed by atoms with Gasteiger partial charge < -0.3 is 9.64 Å². The number of rotatable bonds is 2. The molecule has 2 aromatic rings. The largest absolute Gasteiger partial charge is 0.370 e. The number of morpholine rings is 1. The Balaban J connectivity index is 1.81. The lowest BCUT2D eigenvalue weighted by atomic mass is 10.1. The van der Waals surface area contributed by atoms with Crippen molar-refractivity contribution in [3.05, 3.63) is 39.6 Å². The predicted molar refractivity (Wildman–Crippen MR) is 77.0 cm³/mol. The number of aromatic nitrogens is 2. The van der Waals surface area contributed by atoms with E-state index in [1.54, 1.807) is 17.4 Å². The molecule has 106 valence electrons. The van der Waals surface area contributed by atoms with Crippen LogP contribution in [-0.2, 0) is 4.74 Å². The van der Waals surface area contributed by atoms with Gasteiger partial charge in [-0.05, 0) is 19.1 Å². The highest BCUT2D eigenvalue weighted by atomic mass is 35.5. The molecule has 0 radical (unpaired) electrons. The Hall–Kier alpha value is -1.24. The van der Waals surface area contributed by atoms with Crippen LogP contribution in [-0.4, -0.2) is 29.9 Å². The maximum atomic E-state index is 13.1. The fourth-order valence-electron chi connectivity index (χ4n) is 2.19. The molecule has 0 spiro atoms. The number of aryl methyl sites for hydroxylation is 1. The minimum atomic E-state index is -0.342. The summed E-state index contributed by atoms with van der Waals surface area (Å²) in [7, 11) is 0. The summed E-state index contributed by atoms with van der Waals surface area (Å²) in [6.45, 7) is 3.91. The highest BCUT2D eigenvalue weighted by Crippen LogP contribution is 2.31. The quantitative estimate of drug-likeness (QED) is 0.853. The van der Waals surface area contributed by atoms with Crippen molar-refractivity contribution in [1.29, 1.82) is 0 Å². The van der Waals surface area contributed by atoms with Gasteiger partial charge in [0.1, 0.15) is 16.9 Å². The summed E-state index contributed by atoms with van der Waals surface area (Å²) in [5.74, 6) is -0.342. The van der Waals surface area contributed by atoms with Crippen LogP contribution in [0.25, 0.3) is 0 Å². The average Bonchev–Trinajstić information content (AvgIpc) is 2.86. The molecule has 1 saturated heterocycles. The summed E-state index contributed by atoms with van der Waals surface area (Å²) >= 11 is 7.65. The molecule has 1 aromatic heterocycles. The Kier molecular flexibility index (Phi) is 3.87. The molecule has 0 amide bonds. The highest BCUT2D eigenvalue weighted by Gasteiger charge is 2.25. The van der Waals surface area contributed by atoms with E-state index in [1.165, 1.54) is 12.1 Å². The van der Waals surface area contributed by atoms with Crippen molar-refractivity contribution in [2.24, 2.45) is 0 Å². The third-order valence-corrected chi connectivity index (χ3v) is 4.39. The van der Waals surface area contributed by atoms with Crippen molar-refractivity contribution in [3.63, 3.8) is 0 Å².